The van der Waals surface area contributed by atoms with E-state index in [1.165, 1.54) is 12.1 Å². The molecule has 2 rings (SSSR count). The van der Waals surface area contributed by atoms with E-state index in [9.17, 15) is 14.5 Å². The Morgan fingerprint density at radius 3 is 3.00 bits per heavy atom. The topological polar surface area (TPSA) is 67.2 Å². The number of anilines is 1. The second-order valence-electron chi connectivity index (χ2n) is 4.58. The Labute approximate surface area is 118 Å². The van der Waals surface area contributed by atoms with Crippen LogP contribution in [-0.4, -0.2) is 24.1 Å². The molecule has 19 heavy (non-hydrogen) atoms. The summed E-state index contributed by atoms with van der Waals surface area (Å²) in [7, 11) is 0. The quantitative estimate of drug-likeness (QED) is 0.659. The van der Waals surface area contributed by atoms with Gasteiger partial charge in [0, 0.05) is 24.7 Å². The van der Waals surface area contributed by atoms with Crippen LogP contribution < -0.4 is 10.6 Å². The molecule has 2 N–H and O–H groups in total. The van der Waals surface area contributed by atoms with Crippen molar-refractivity contribution in [1.82, 2.24) is 5.32 Å². The highest BCUT2D eigenvalue weighted by Crippen LogP contribution is 2.31. The lowest BCUT2D eigenvalue weighted by Gasteiger charge is -2.18. The third-order valence-electron chi connectivity index (χ3n) is 3.14. The average molecular weight is 332 g/mol. The van der Waals surface area contributed by atoms with Crippen molar-refractivity contribution in [2.75, 3.05) is 18.4 Å². The van der Waals surface area contributed by atoms with E-state index in [1.807, 2.05) is 0 Å². The summed E-state index contributed by atoms with van der Waals surface area (Å²) in [5, 5.41) is 17.3. The molecule has 1 aliphatic heterocycles. The molecule has 5 nitrogen and oxygen atoms in total. The summed E-state index contributed by atoms with van der Waals surface area (Å²) < 4.78 is 13.6. The number of hydrogen-bond donors (Lipinski definition) is 2. The van der Waals surface area contributed by atoms with Crippen LogP contribution in [0, 0.1) is 15.9 Å². The third kappa shape index (κ3) is 3.63. The standard InChI is InChI=1S/C12H15BrFN3O2/c13-9-5-12(17(18)19)11(6-10(9)14)16-8-3-1-2-4-15-7-8/h5-6,8,15-16H,1-4,7H2. The van der Waals surface area contributed by atoms with Gasteiger partial charge < -0.3 is 10.6 Å². The molecule has 0 radical (unpaired) electrons. The van der Waals surface area contributed by atoms with Crippen LogP contribution in [0.1, 0.15) is 19.3 Å². The monoisotopic (exact) mass is 331 g/mol. The smallest absolute Gasteiger partial charge is 0.293 e. The molecule has 1 saturated heterocycles. The van der Waals surface area contributed by atoms with Gasteiger partial charge in [0.15, 0.2) is 0 Å². The van der Waals surface area contributed by atoms with Gasteiger partial charge in [-0.15, -0.1) is 0 Å². The molecule has 1 aromatic rings. The number of nitro benzene ring substituents is 1. The maximum absolute atomic E-state index is 13.5. The summed E-state index contributed by atoms with van der Waals surface area (Å²) in [5.74, 6) is -0.505. The summed E-state index contributed by atoms with van der Waals surface area (Å²) in [4.78, 5) is 10.5. The Bertz CT molecular complexity index is 476. The zero-order chi connectivity index (χ0) is 13.8. The molecule has 1 fully saturated rings. The molecule has 0 amide bonds. The highest BCUT2D eigenvalue weighted by molar-refractivity contribution is 9.10. The van der Waals surface area contributed by atoms with E-state index in [0.717, 1.165) is 32.4 Å². The summed E-state index contributed by atoms with van der Waals surface area (Å²) in [5.41, 5.74) is 0.122. The lowest BCUT2D eigenvalue weighted by atomic mass is 10.1. The molecule has 1 unspecified atom stereocenters. The Morgan fingerprint density at radius 2 is 2.26 bits per heavy atom. The van der Waals surface area contributed by atoms with Gasteiger partial charge in [-0.3, -0.25) is 10.1 Å². The largest absolute Gasteiger partial charge is 0.375 e. The van der Waals surface area contributed by atoms with Gasteiger partial charge in [-0.2, -0.15) is 0 Å². The molecule has 0 spiro atoms. The summed E-state index contributed by atoms with van der Waals surface area (Å²) in [6, 6.07) is 2.45. The second-order valence-corrected chi connectivity index (χ2v) is 5.44. The van der Waals surface area contributed by atoms with E-state index in [2.05, 4.69) is 26.6 Å². The highest BCUT2D eigenvalue weighted by Gasteiger charge is 2.20. The van der Waals surface area contributed by atoms with Crippen molar-refractivity contribution in [1.29, 1.82) is 0 Å². The maximum Gasteiger partial charge on any atom is 0.293 e. The SMILES string of the molecule is O=[N+]([O-])c1cc(Br)c(F)cc1NC1CCCCNC1. The van der Waals surface area contributed by atoms with Gasteiger partial charge in [0.05, 0.1) is 9.40 Å². The number of benzene rings is 1. The summed E-state index contributed by atoms with van der Waals surface area (Å²) in [6.07, 6.45) is 3.06. The predicted molar refractivity (Wildman–Crippen MR) is 74.9 cm³/mol. The Kier molecular flexibility index (Phi) is 4.71. The van der Waals surface area contributed by atoms with E-state index >= 15 is 0 Å². The number of nitrogens with zero attached hydrogens (tertiary/aromatic N) is 1. The van der Waals surface area contributed by atoms with Crippen LogP contribution in [0.5, 0.6) is 0 Å². The van der Waals surface area contributed by atoms with Gasteiger partial charge in [0.25, 0.3) is 5.69 Å². The maximum atomic E-state index is 13.5. The van der Waals surface area contributed by atoms with Crippen molar-refractivity contribution in [3.05, 3.63) is 32.5 Å². The molecule has 1 heterocycles. The first-order valence-electron chi connectivity index (χ1n) is 6.18. The fourth-order valence-electron chi connectivity index (χ4n) is 2.17. The first-order chi connectivity index (χ1) is 9.08. The van der Waals surface area contributed by atoms with Crippen LogP contribution in [-0.2, 0) is 0 Å². The molecule has 0 aromatic heterocycles. The Balaban J connectivity index is 2.22. The number of hydrogen-bond acceptors (Lipinski definition) is 4. The van der Waals surface area contributed by atoms with Crippen LogP contribution >= 0.6 is 15.9 Å². The van der Waals surface area contributed by atoms with Crippen molar-refractivity contribution in [2.45, 2.75) is 25.3 Å². The lowest BCUT2D eigenvalue weighted by Crippen LogP contribution is -2.31. The van der Waals surface area contributed by atoms with Crippen LogP contribution in [0.2, 0.25) is 0 Å². The summed E-state index contributed by atoms with van der Waals surface area (Å²) in [6.45, 7) is 1.68. The first kappa shape index (κ1) is 14.2. The predicted octanol–water partition coefficient (Wildman–Crippen LogP) is 3.05. The number of halogens is 2. The van der Waals surface area contributed by atoms with E-state index in [1.54, 1.807) is 0 Å². The normalized spacial score (nSPS) is 19.8. The van der Waals surface area contributed by atoms with Crippen molar-refractivity contribution in [2.24, 2.45) is 0 Å². The lowest BCUT2D eigenvalue weighted by molar-refractivity contribution is -0.384. The zero-order valence-corrected chi connectivity index (χ0v) is 11.9. The first-order valence-corrected chi connectivity index (χ1v) is 6.98. The highest BCUT2D eigenvalue weighted by atomic mass is 79.9. The van der Waals surface area contributed by atoms with Crippen molar-refractivity contribution >= 4 is 27.3 Å². The molecule has 0 aliphatic carbocycles. The van der Waals surface area contributed by atoms with Crippen molar-refractivity contribution in [3.63, 3.8) is 0 Å². The van der Waals surface area contributed by atoms with Gasteiger partial charge in [-0.1, -0.05) is 6.42 Å². The molecule has 0 bridgehead atoms. The molecule has 104 valence electrons. The molecular weight excluding hydrogens is 317 g/mol. The van der Waals surface area contributed by atoms with E-state index in [-0.39, 0.29) is 21.9 Å². The van der Waals surface area contributed by atoms with Gasteiger partial charge in [-0.05, 0) is 35.3 Å². The minimum atomic E-state index is -0.505. The second kappa shape index (κ2) is 6.29. The molecule has 1 aromatic carbocycles. The van der Waals surface area contributed by atoms with E-state index < -0.39 is 10.7 Å². The van der Waals surface area contributed by atoms with Crippen LogP contribution in [0.4, 0.5) is 15.8 Å². The third-order valence-corrected chi connectivity index (χ3v) is 3.75. The average Bonchev–Trinajstić information content (AvgIpc) is 2.62. The Hall–Kier alpha value is -1.21. The molecular formula is C12H15BrFN3O2. The minimum Gasteiger partial charge on any atom is -0.375 e. The number of nitrogens with one attached hydrogen (secondary N) is 2. The van der Waals surface area contributed by atoms with Crippen LogP contribution in [0.25, 0.3) is 0 Å². The molecule has 1 atom stereocenters. The fraction of sp³-hybridized carbons (Fsp3) is 0.500. The molecule has 7 heteroatoms. The van der Waals surface area contributed by atoms with Crippen molar-refractivity contribution < 1.29 is 9.31 Å². The van der Waals surface area contributed by atoms with Gasteiger partial charge in [0.1, 0.15) is 11.5 Å². The van der Waals surface area contributed by atoms with Gasteiger partial charge in [0.2, 0.25) is 0 Å². The van der Waals surface area contributed by atoms with Crippen LogP contribution in [0.3, 0.4) is 0 Å². The van der Waals surface area contributed by atoms with Crippen molar-refractivity contribution in [3.8, 4) is 0 Å². The fourth-order valence-corrected chi connectivity index (χ4v) is 2.50. The number of rotatable bonds is 3. The number of nitro groups is 1. The molecule has 0 saturated carbocycles. The summed E-state index contributed by atoms with van der Waals surface area (Å²) >= 11 is 2.97. The Morgan fingerprint density at radius 1 is 1.47 bits per heavy atom. The van der Waals surface area contributed by atoms with Gasteiger partial charge >= 0.3 is 0 Å². The van der Waals surface area contributed by atoms with E-state index in [0.29, 0.717) is 0 Å². The minimum absolute atomic E-state index is 0.0850. The molecule has 1 aliphatic rings. The van der Waals surface area contributed by atoms with E-state index in [4.69, 9.17) is 0 Å². The zero-order valence-electron chi connectivity index (χ0n) is 10.3. The van der Waals surface area contributed by atoms with Crippen LogP contribution in [0.15, 0.2) is 16.6 Å². The van der Waals surface area contributed by atoms with Gasteiger partial charge in [-0.25, -0.2) is 4.39 Å².